The number of benzene rings is 1. The summed E-state index contributed by atoms with van der Waals surface area (Å²) in [5.41, 5.74) is 1.63. The summed E-state index contributed by atoms with van der Waals surface area (Å²) in [6, 6.07) is 10.5. The highest BCUT2D eigenvalue weighted by atomic mass is 32.2. The summed E-state index contributed by atoms with van der Waals surface area (Å²) in [5, 5.41) is 4.02. The minimum atomic E-state index is -3.91. The number of aryl methyl sites for hydroxylation is 1. The number of nitrogens with zero attached hydrogens (tertiary/aromatic N) is 2. The molecule has 1 aromatic carbocycles. The second-order valence-electron chi connectivity index (χ2n) is 7.95. The summed E-state index contributed by atoms with van der Waals surface area (Å²) >= 11 is 2.17. The zero-order valence-electron chi connectivity index (χ0n) is 17.7. The maximum atomic E-state index is 13.3. The maximum absolute atomic E-state index is 13.3. The molecule has 1 unspecified atom stereocenters. The summed E-state index contributed by atoms with van der Waals surface area (Å²) in [6.45, 7) is 1.90. The number of anilines is 1. The predicted octanol–water partition coefficient (Wildman–Crippen LogP) is 4.41. The van der Waals surface area contributed by atoms with Crippen LogP contribution in [-0.2, 0) is 19.6 Å². The van der Waals surface area contributed by atoms with E-state index < -0.39 is 15.3 Å². The van der Waals surface area contributed by atoms with Gasteiger partial charge in [-0.3, -0.25) is 14.5 Å². The molecule has 4 rings (SSSR count). The van der Waals surface area contributed by atoms with Crippen LogP contribution in [0.5, 0.6) is 0 Å². The van der Waals surface area contributed by atoms with Crippen LogP contribution in [0, 0.1) is 6.92 Å². The van der Waals surface area contributed by atoms with Crippen LogP contribution >= 0.6 is 23.1 Å². The molecule has 2 fully saturated rings. The molecule has 10 heteroatoms. The van der Waals surface area contributed by atoms with Crippen LogP contribution in [0.1, 0.15) is 44.1 Å². The summed E-state index contributed by atoms with van der Waals surface area (Å²) < 4.78 is 29.8. The summed E-state index contributed by atoms with van der Waals surface area (Å²) in [4.78, 5) is 27.5. The van der Waals surface area contributed by atoms with Gasteiger partial charge in [0.15, 0.2) is 5.17 Å². The van der Waals surface area contributed by atoms with Crippen LogP contribution in [0.2, 0.25) is 0 Å². The summed E-state index contributed by atoms with van der Waals surface area (Å²) in [7, 11) is -3.91. The highest BCUT2D eigenvalue weighted by Crippen LogP contribution is 2.36. The van der Waals surface area contributed by atoms with E-state index in [-0.39, 0.29) is 33.7 Å². The Kier molecular flexibility index (Phi) is 7.02. The molecule has 2 aromatic rings. The van der Waals surface area contributed by atoms with Crippen molar-refractivity contribution in [3.05, 3.63) is 47.3 Å². The molecule has 0 bridgehead atoms. The predicted molar refractivity (Wildman–Crippen MR) is 128 cm³/mol. The molecule has 1 aromatic heterocycles. The van der Waals surface area contributed by atoms with E-state index in [9.17, 15) is 18.0 Å². The molecule has 0 radical (unpaired) electrons. The van der Waals surface area contributed by atoms with Crippen LogP contribution in [-0.4, -0.2) is 41.6 Å². The maximum Gasteiger partial charge on any atom is 0.294 e. The number of thiophene rings is 1. The monoisotopic (exact) mass is 491 g/mol. The van der Waals surface area contributed by atoms with E-state index in [4.69, 9.17) is 0 Å². The number of thioether (sulfide) groups is 1. The van der Waals surface area contributed by atoms with Crippen LogP contribution < -0.4 is 5.32 Å². The molecule has 32 heavy (non-hydrogen) atoms. The fraction of sp³-hybridized carbons (Fsp3) is 0.409. The fourth-order valence-corrected chi connectivity index (χ4v) is 7.36. The van der Waals surface area contributed by atoms with Crippen LogP contribution in [0.25, 0.3) is 0 Å². The number of carbonyl (C=O) groups excluding carboxylic acids is 2. The number of hydrogen-bond donors (Lipinski definition) is 1. The van der Waals surface area contributed by atoms with Crippen LogP contribution in [0.3, 0.4) is 0 Å². The van der Waals surface area contributed by atoms with Gasteiger partial charge >= 0.3 is 0 Å². The number of para-hydroxylation sites is 1. The number of rotatable bonds is 6. The molecule has 7 nitrogen and oxygen atoms in total. The molecular weight excluding hydrogens is 466 g/mol. The van der Waals surface area contributed by atoms with Crippen molar-refractivity contribution in [3.8, 4) is 0 Å². The van der Waals surface area contributed by atoms with Crippen molar-refractivity contribution in [1.82, 2.24) is 4.90 Å². The van der Waals surface area contributed by atoms with Gasteiger partial charge in [0.1, 0.15) is 9.46 Å². The van der Waals surface area contributed by atoms with Gasteiger partial charge in [0, 0.05) is 18.2 Å². The SMILES string of the molecule is Cc1ccccc1NC(=O)CC1SC(=NS(=O)(=O)c2cccs2)N(C2CCCCC2)C1=O. The lowest BCUT2D eigenvalue weighted by atomic mass is 9.94. The second-order valence-corrected chi connectivity index (χ2v) is 11.9. The molecular formula is C22H25N3O4S3. The van der Waals surface area contributed by atoms with E-state index in [1.807, 2.05) is 31.2 Å². The van der Waals surface area contributed by atoms with Crippen molar-refractivity contribution in [2.24, 2.45) is 4.40 Å². The third-order valence-electron chi connectivity index (χ3n) is 5.64. The molecule has 1 aliphatic carbocycles. The number of carbonyl (C=O) groups is 2. The Labute approximate surface area is 196 Å². The van der Waals surface area contributed by atoms with Gasteiger partial charge in [-0.1, -0.05) is 55.3 Å². The normalized spacial score (nSPS) is 21.3. The molecule has 2 amide bonds. The lowest BCUT2D eigenvalue weighted by Gasteiger charge is -2.30. The number of sulfonamides is 1. The third-order valence-corrected chi connectivity index (χ3v) is 9.55. The zero-order chi connectivity index (χ0) is 22.7. The van der Waals surface area contributed by atoms with Crippen molar-refractivity contribution >= 4 is 55.8 Å². The first kappa shape index (κ1) is 23.0. The Balaban J connectivity index is 1.57. The molecule has 2 heterocycles. The van der Waals surface area contributed by atoms with Gasteiger partial charge < -0.3 is 5.32 Å². The number of hydrogen-bond acceptors (Lipinski definition) is 6. The Bertz CT molecular complexity index is 1120. The molecule has 1 saturated heterocycles. The number of amides is 2. The third kappa shape index (κ3) is 5.07. The van der Waals surface area contributed by atoms with Crippen molar-refractivity contribution in [2.75, 3.05) is 5.32 Å². The van der Waals surface area contributed by atoms with Crippen LogP contribution in [0.4, 0.5) is 5.69 Å². The van der Waals surface area contributed by atoms with E-state index in [1.165, 1.54) is 6.07 Å². The van der Waals surface area contributed by atoms with E-state index in [0.29, 0.717) is 5.69 Å². The Hall–Kier alpha value is -2.17. The minimum absolute atomic E-state index is 0.0425. The van der Waals surface area contributed by atoms with Crippen molar-refractivity contribution in [2.45, 2.75) is 60.9 Å². The topological polar surface area (TPSA) is 95.9 Å². The average Bonchev–Trinajstić information content (AvgIpc) is 3.40. The highest BCUT2D eigenvalue weighted by molar-refractivity contribution is 8.16. The van der Waals surface area contributed by atoms with Crippen molar-refractivity contribution in [1.29, 1.82) is 0 Å². The summed E-state index contributed by atoms with van der Waals surface area (Å²) in [5.74, 6) is -0.516. The standard InChI is InChI=1S/C22H25N3O4S3/c1-15-8-5-6-11-17(15)23-19(26)14-18-21(27)25(16-9-3-2-4-10-16)22(31-18)24-32(28,29)20-12-7-13-30-20/h5-8,11-13,16,18H,2-4,9-10,14H2,1H3,(H,23,26). The van der Waals surface area contributed by atoms with E-state index in [0.717, 1.165) is 60.8 Å². The average molecular weight is 492 g/mol. The Morgan fingerprint density at radius 3 is 2.59 bits per heavy atom. The van der Waals surface area contributed by atoms with E-state index in [2.05, 4.69) is 9.71 Å². The molecule has 1 aliphatic heterocycles. The molecule has 1 atom stereocenters. The zero-order valence-corrected chi connectivity index (χ0v) is 20.1. The largest absolute Gasteiger partial charge is 0.326 e. The Morgan fingerprint density at radius 2 is 1.91 bits per heavy atom. The van der Waals surface area contributed by atoms with Crippen LogP contribution in [0.15, 0.2) is 50.4 Å². The Morgan fingerprint density at radius 1 is 1.16 bits per heavy atom. The van der Waals surface area contributed by atoms with Gasteiger partial charge in [0.05, 0.1) is 0 Å². The van der Waals surface area contributed by atoms with E-state index >= 15 is 0 Å². The first-order valence-electron chi connectivity index (χ1n) is 10.6. The van der Waals surface area contributed by atoms with Gasteiger partial charge in [-0.2, -0.15) is 8.42 Å². The highest BCUT2D eigenvalue weighted by Gasteiger charge is 2.43. The first-order valence-corrected chi connectivity index (χ1v) is 13.8. The smallest absolute Gasteiger partial charge is 0.294 e. The minimum Gasteiger partial charge on any atom is -0.326 e. The van der Waals surface area contributed by atoms with Gasteiger partial charge in [-0.25, -0.2) is 0 Å². The second kappa shape index (κ2) is 9.76. The quantitative estimate of drug-likeness (QED) is 0.646. The molecule has 1 N–H and O–H groups in total. The molecule has 170 valence electrons. The van der Waals surface area contributed by atoms with Crippen molar-refractivity contribution in [3.63, 3.8) is 0 Å². The van der Waals surface area contributed by atoms with E-state index in [1.54, 1.807) is 16.3 Å². The molecule has 0 spiro atoms. The van der Waals surface area contributed by atoms with Gasteiger partial charge in [-0.15, -0.1) is 15.7 Å². The lowest BCUT2D eigenvalue weighted by molar-refractivity contribution is -0.130. The van der Waals surface area contributed by atoms with Gasteiger partial charge in [0.2, 0.25) is 11.8 Å². The fourth-order valence-electron chi connectivity index (χ4n) is 3.99. The number of nitrogens with one attached hydrogen (secondary N) is 1. The van der Waals surface area contributed by atoms with Gasteiger partial charge in [0.25, 0.3) is 10.0 Å². The first-order chi connectivity index (χ1) is 15.3. The summed E-state index contributed by atoms with van der Waals surface area (Å²) in [6.07, 6.45) is 4.66. The van der Waals surface area contributed by atoms with Crippen molar-refractivity contribution < 1.29 is 18.0 Å². The number of amidine groups is 1. The lowest BCUT2D eigenvalue weighted by Crippen LogP contribution is -2.42. The molecule has 1 saturated carbocycles. The molecule has 2 aliphatic rings. The van der Waals surface area contributed by atoms with Gasteiger partial charge in [-0.05, 0) is 42.8 Å².